The van der Waals surface area contributed by atoms with Crippen molar-refractivity contribution in [3.63, 3.8) is 0 Å². The molecule has 1 N–H and O–H groups in total. The summed E-state index contributed by atoms with van der Waals surface area (Å²) < 4.78 is 40.2. The first-order chi connectivity index (χ1) is 9.69. The molecule has 1 aliphatic rings. The maximum atomic E-state index is 14.0. The Labute approximate surface area is 125 Å². The molecule has 116 valence electrons. The van der Waals surface area contributed by atoms with Crippen LogP contribution in [-0.2, 0) is 4.79 Å². The second-order valence-corrected chi connectivity index (χ2v) is 5.86. The lowest BCUT2D eigenvalue weighted by Gasteiger charge is -2.20. The van der Waals surface area contributed by atoms with E-state index < -0.39 is 36.1 Å². The van der Waals surface area contributed by atoms with Crippen LogP contribution in [0.1, 0.15) is 18.4 Å². The van der Waals surface area contributed by atoms with Crippen molar-refractivity contribution in [3.05, 3.63) is 34.6 Å². The minimum Gasteiger partial charge on any atom is -0.481 e. The Balaban J connectivity index is 2.31. The lowest BCUT2D eigenvalue weighted by atomic mass is 9.88. The fourth-order valence-corrected chi connectivity index (χ4v) is 3.12. The fourth-order valence-electron chi connectivity index (χ4n) is 2.81. The minimum absolute atomic E-state index is 0.0427. The molecule has 0 radical (unpaired) electrons. The number of likely N-dealkylation sites (tertiary alicyclic amines) is 1. The van der Waals surface area contributed by atoms with Gasteiger partial charge in [-0.05, 0) is 12.1 Å². The van der Waals surface area contributed by atoms with Crippen LogP contribution in [-0.4, -0.2) is 41.5 Å². The van der Waals surface area contributed by atoms with Crippen LogP contribution in [0.15, 0.2) is 18.2 Å². The van der Waals surface area contributed by atoms with Crippen LogP contribution in [0.5, 0.6) is 0 Å². The first kappa shape index (κ1) is 16.1. The van der Waals surface area contributed by atoms with E-state index in [9.17, 15) is 23.1 Å². The fraction of sp³-hybridized carbons (Fsp3) is 0.500. The lowest BCUT2D eigenvalue weighted by Crippen LogP contribution is -2.34. The Bertz CT molecular complexity index is 527. The Morgan fingerprint density at radius 2 is 2.14 bits per heavy atom. The Kier molecular flexibility index (Phi) is 4.49. The third-order valence-corrected chi connectivity index (χ3v) is 3.91. The summed E-state index contributed by atoms with van der Waals surface area (Å²) in [5, 5.41) is 9.38. The highest BCUT2D eigenvalue weighted by Gasteiger charge is 2.42. The summed E-state index contributed by atoms with van der Waals surface area (Å²) in [6, 6.07) is 4.08. The molecule has 1 fully saturated rings. The molecule has 2 rings (SSSR count). The van der Waals surface area contributed by atoms with Crippen molar-refractivity contribution in [2.45, 2.75) is 18.8 Å². The summed E-state index contributed by atoms with van der Waals surface area (Å²) in [4.78, 5) is 12.7. The van der Waals surface area contributed by atoms with Gasteiger partial charge in [0, 0.05) is 36.5 Å². The van der Waals surface area contributed by atoms with E-state index in [1.54, 1.807) is 0 Å². The number of benzene rings is 1. The first-order valence-corrected chi connectivity index (χ1v) is 6.84. The molecule has 1 aliphatic heterocycles. The monoisotopic (exact) mass is 321 g/mol. The summed E-state index contributed by atoms with van der Waals surface area (Å²) in [5.74, 6) is -6.37. The summed E-state index contributed by atoms with van der Waals surface area (Å²) in [6.45, 7) is 0.209. The van der Waals surface area contributed by atoms with Gasteiger partial charge in [-0.25, -0.2) is 13.2 Å². The zero-order chi connectivity index (χ0) is 15.8. The van der Waals surface area contributed by atoms with E-state index in [0.29, 0.717) is 0 Å². The summed E-state index contributed by atoms with van der Waals surface area (Å²) in [6.07, 6.45) is 0. The molecular weight excluding hydrogens is 307 g/mol. The molecule has 1 aromatic carbocycles. The summed E-state index contributed by atoms with van der Waals surface area (Å²) in [7, 11) is 0. The van der Waals surface area contributed by atoms with Gasteiger partial charge in [0.1, 0.15) is 5.82 Å². The normalized spacial score (nSPS) is 23.5. The van der Waals surface area contributed by atoms with E-state index >= 15 is 0 Å². The van der Waals surface area contributed by atoms with Crippen LogP contribution in [0.3, 0.4) is 0 Å². The van der Waals surface area contributed by atoms with Gasteiger partial charge in [0.25, 0.3) is 5.92 Å². The number of carbonyl (C=O) groups is 1. The van der Waals surface area contributed by atoms with E-state index in [4.69, 9.17) is 11.6 Å². The van der Waals surface area contributed by atoms with E-state index in [0.717, 1.165) is 6.92 Å². The van der Waals surface area contributed by atoms with Crippen LogP contribution >= 0.6 is 11.6 Å². The van der Waals surface area contributed by atoms with Crippen molar-refractivity contribution in [1.29, 1.82) is 0 Å². The third kappa shape index (κ3) is 3.68. The van der Waals surface area contributed by atoms with Crippen LogP contribution in [0, 0.1) is 11.7 Å². The molecule has 0 aliphatic carbocycles. The van der Waals surface area contributed by atoms with Gasteiger partial charge in [-0.1, -0.05) is 17.7 Å². The van der Waals surface area contributed by atoms with Crippen molar-refractivity contribution >= 4 is 17.6 Å². The van der Waals surface area contributed by atoms with Crippen LogP contribution in [0.2, 0.25) is 5.02 Å². The molecule has 1 aromatic rings. The molecule has 21 heavy (non-hydrogen) atoms. The van der Waals surface area contributed by atoms with Crippen LogP contribution < -0.4 is 0 Å². The highest BCUT2D eigenvalue weighted by Crippen LogP contribution is 2.38. The number of alkyl halides is 2. The van der Waals surface area contributed by atoms with E-state index in [-0.39, 0.29) is 23.7 Å². The quantitative estimate of drug-likeness (QED) is 0.925. The molecule has 1 saturated heterocycles. The van der Waals surface area contributed by atoms with Gasteiger partial charge in [0.05, 0.1) is 12.5 Å². The second kappa shape index (κ2) is 5.85. The van der Waals surface area contributed by atoms with Gasteiger partial charge < -0.3 is 5.11 Å². The van der Waals surface area contributed by atoms with Crippen LogP contribution in [0.25, 0.3) is 0 Å². The van der Waals surface area contributed by atoms with Gasteiger partial charge >= 0.3 is 5.97 Å². The zero-order valence-electron chi connectivity index (χ0n) is 11.3. The number of carboxylic acids is 1. The van der Waals surface area contributed by atoms with Gasteiger partial charge in [-0.2, -0.15) is 0 Å². The average molecular weight is 322 g/mol. The Morgan fingerprint density at radius 3 is 2.67 bits per heavy atom. The van der Waals surface area contributed by atoms with E-state index in [1.165, 1.54) is 23.1 Å². The maximum Gasteiger partial charge on any atom is 0.308 e. The molecule has 0 spiro atoms. The second-order valence-electron chi connectivity index (χ2n) is 5.45. The summed E-state index contributed by atoms with van der Waals surface area (Å²) >= 11 is 5.96. The molecule has 0 aromatic heterocycles. The first-order valence-electron chi connectivity index (χ1n) is 6.46. The topological polar surface area (TPSA) is 40.5 Å². The van der Waals surface area contributed by atoms with Crippen molar-refractivity contribution in [3.8, 4) is 0 Å². The highest BCUT2D eigenvalue weighted by molar-refractivity contribution is 6.31. The van der Waals surface area contributed by atoms with Crippen molar-refractivity contribution in [2.75, 3.05) is 19.6 Å². The van der Waals surface area contributed by atoms with Crippen molar-refractivity contribution in [1.82, 2.24) is 4.90 Å². The lowest BCUT2D eigenvalue weighted by molar-refractivity contribution is -0.141. The predicted molar refractivity (Wildman–Crippen MR) is 72.3 cm³/mol. The standard InChI is InChI=1S/C14H15ClF3NO2/c1-14(17,18)7-19-5-8(9(6-19)13(20)21)12-10(15)3-2-4-11(12)16/h2-4,8-9H,5-7H2,1H3,(H,20,21)/t8-,9+/m1/s1. The van der Waals surface area contributed by atoms with Gasteiger partial charge in [-0.3, -0.25) is 9.69 Å². The molecule has 0 bridgehead atoms. The summed E-state index contributed by atoms with van der Waals surface area (Å²) in [5.41, 5.74) is 0.0912. The number of hydrogen-bond acceptors (Lipinski definition) is 2. The molecule has 0 saturated carbocycles. The van der Waals surface area contributed by atoms with Crippen LogP contribution in [0.4, 0.5) is 13.2 Å². The largest absolute Gasteiger partial charge is 0.481 e. The Hall–Kier alpha value is -1.27. The SMILES string of the molecule is CC(F)(F)CN1C[C@H](C(=O)O)[C@H](c2c(F)cccc2Cl)C1. The molecule has 0 amide bonds. The third-order valence-electron chi connectivity index (χ3n) is 3.58. The predicted octanol–water partition coefficient (Wildman–Crippen LogP) is 3.23. The molecule has 2 atom stereocenters. The van der Waals surface area contributed by atoms with Gasteiger partial charge in [0.15, 0.2) is 0 Å². The number of hydrogen-bond donors (Lipinski definition) is 1. The number of carboxylic acid groups (broad SMARTS) is 1. The number of aliphatic carboxylic acids is 1. The highest BCUT2D eigenvalue weighted by atomic mass is 35.5. The molecule has 7 heteroatoms. The van der Waals surface area contributed by atoms with Crippen molar-refractivity contribution in [2.24, 2.45) is 5.92 Å². The van der Waals surface area contributed by atoms with Gasteiger partial charge in [0.2, 0.25) is 0 Å². The minimum atomic E-state index is -2.93. The van der Waals surface area contributed by atoms with E-state index in [2.05, 4.69) is 0 Å². The zero-order valence-corrected chi connectivity index (χ0v) is 12.1. The average Bonchev–Trinajstić information content (AvgIpc) is 2.70. The van der Waals surface area contributed by atoms with Crippen molar-refractivity contribution < 1.29 is 23.1 Å². The molecule has 3 nitrogen and oxygen atoms in total. The molecule has 0 unspecified atom stereocenters. The molecule has 1 heterocycles. The Morgan fingerprint density at radius 1 is 1.48 bits per heavy atom. The maximum absolute atomic E-state index is 14.0. The number of halogens is 4. The molecular formula is C14H15ClF3NO2. The van der Waals surface area contributed by atoms with Gasteiger partial charge in [-0.15, -0.1) is 0 Å². The van der Waals surface area contributed by atoms with E-state index in [1.807, 2.05) is 0 Å². The number of nitrogens with zero attached hydrogens (tertiary/aromatic N) is 1. The number of rotatable bonds is 4. The smallest absolute Gasteiger partial charge is 0.308 e.